The van der Waals surface area contributed by atoms with Crippen molar-refractivity contribution in [3.05, 3.63) is 95.3 Å². The first-order valence-electron chi connectivity index (χ1n) is 9.39. The van der Waals surface area contributed by atoms with Gasteiger partial charge in [-0.05, 0) is 60.9 Å². The van der Waals surface area contributed by atoms with E-state index in [1.165, 1.54) is 25.3 Å². The smallest absolute Gasteiger partial charge is 0.255 e. The maximum absolute atomic E-state index is 13.8. The SMILES string of the molecule is COc1ccc(C(=O)Nc2cc(F)ccc2C(=O)CCCc2ccccc2)cc1. The molecule has 1 N–H and O–H groups in total. The molecule has 0 aliphatic rings. The lowest BCUT2D eigenvalue weighted by atomic mass is 10.0. The van der Waals surface area contributed by atoms with E-state index in [0.717, 1.165) is 12.0 Å². The van der Waals surface area contributed by atoms with Gasteiger partial charge in [0.25, 0.3) is 5.91 Å². The summed E-state index contributed by atoms with van der Waals surface area (Å²) in [5.74, 6) is -0.444. The van der Waals surface area contributed by atoms with Gasteiger partial charge in [-0.2, -0.15) is 0 Å². The third-order valence-electron chi connectivity index (χ3n) is 4.59. The van der Waals surface area contributed by atoms with E-state index in [2.05, 4.69) is 5.32 Å². The molecule has 0 aliphatic carbocycles. The molecule has 3 rings (SSSR count). The minimum atomic E-state index is -0.518. The highest BCUT2D eigenvalue weighted by Gasteiger charge is 2.15. The highest BCUT2D eigenvalue weighted by molar-refractivity contribution is 6.09. The fourth-order valence-corrected chi connectivity index (χ4v) is 3.03. The molecular weight excluding hydrogens is 369 g/mol. The van der Waals surface area contributed by atoms with Crippen LogP contribution in [-0.4, -0.2) is 18.8 Å². The van der Waals surface area contributed by atoms with Crippen LogP contribution in [-0.2, 0) is 6.42 Å². The second kappa shape index (κ2) is 9.64. The molecule has 0 radical (unpaired) electrons. The predicted molar refractivity (Wildman–Crippen MR) is 111 cm³/mol. The standard InChI is InChI=1S/C24H22FNO3/c1-29-20-13-10-18(11-14-20)24(28)26-22-16-19(25)12-15-21(22)23(27)9-5-8-17-6-3-2-4-7-17/h2-4,6-7,10-16H,5,8-9H2,1H3,(H,26,28). The molecule has 0 atom stereocenters. The lowest BCUT2D eigenvalue weighted by molar-refractivity contribution is 0.0981. The van der Waals surface area contributed by atoms with Crippen LogP contribution in [0.25, 0.3) is 0 Å². The Kier molecular flexibility index (Phi) is 6.74. The number of benzene rings is 3. The van der Waals surface area contributed by atoms with Gasteiger partial charge in [-0.15, -0.1) is 0 Å². The predicted octanol–water partition coefficient (Wildman–Crippen LogP) is 5.29. The Labute approximate surface area is 169 Å². The van der Waals surface area contributed by atoms with Gasteiger partial charge in [-0.1, -0.05) is 30.3 Å². The maximum atomic E-state index is 13.8. The van der Waals surface area contributed by atoms with Crippen molar-refractivity contribution in [2.45, 2.75) is 19.3 Å². The van der Waals surface area contributed by atoms with E-state index in [4.69, 9.17) is 4.74 Å². The van der Waals surface area contributed by atoms with Crippen LogP contribution in [0.3, 0.4) is 0 Å². The molecule has 0 aromatic heterocycles. The van der Waals surface area contributed by atoms with Gasteiger partial charge in [0.05, 0.1) is 12.8 Å². The number of amides is 1. The third kappa shape index (κ3) is 5.51. The zero-order chi connectivity index (χ0) is 20.6. The van der Waals surface area contributed by atoms with E-state index in [1.54, 1.807) is 24.3 Å². The van der Waals surface area contributed by atoms with Gasteiger partial charge < -0.3 is 10.1 Å². The monoisotopic (exact) mass is 391 g/mol. The molecule has 5 heteroatoms. The van der Waals surface area contributed by atoms with Crippen molar-refractivity contribution < 1.29 is 18.7 Å². The fourth-order valence-electron chi connectivity index (χ4n) is 3.03. The Hall–Kier alpha value is -3.47. The molecule has 0 saturated heterocycles. The number of carbonyl (C=O) groups is 2. The molecule has 0 saturated carbocycles. The first-order valence-corrected chi connectivity index (χ1v) is 9.39. The van der Waals surface area contributed by atoms with Crippen molar-refractivity contribution in [2.24, 2.45) is 0 Å². The number of anilines is 1. The van der Waals surface area contributed by atoms with Crippen LogP contribution in [0, 0.1) is 5.82 Å². The van der Waals surface area contributed by atoms with Crippen LogP contribution in [0.1, 0.15) is 39.1 Å². The number of nitrogens with one attached hydrogen (secondary N) is 1. The molecule has 0 bridgehead atoms. The summed E-state index contributed by atoms with van der Waals surface area (Å²) in [6, 6.07) is 20.3. The van der Waals surface area contributed by atoms with Crippen molar-refractivity contribution in [1.82, 2.24) is 0 Å². The molecule has 0 unspecified atom stereocenters. The maximum Gasteiger partial charge on any atom is 0.255 e. The van der Waals surface area contributed by atoms with Crippen LogP contribution >= 0.6 is 0 Å². The second-order valence-electron chi connectivity index (χ2n) is 6.63. The lowest BCUT2D eigenvalue weighted by Gasteiger charge is -2.11. The summed E-state index contributed by atoms with van der Waals surface area (Å²) in [5, 5.41) is 2.65. The van der Waals surface area contributed by atoms with E-state index in [1.807, 2.05) is 30.3 Å². The normalized spacial score (nSPS) is 10.4. The molecule has 0 spiro atoms. The summed E-state index contributed by atoms with van der Waals surface area (Å²) in [4.78, 5) is 25.2. The number of ether oxygens (including phenoxy) is 1. The Balaban J connectivity index is 1.69. The molecule has 4 nitrogen and oxygen atoms in total. The van der Waals surface area contributed by atoms with Crippen molar-refractivity contribution in [3.8, 4) is 5.75 Å². The van der Waals surface area contributed by atoms with Crippen molar-refractivity contribution in [2.75, 3.05) is 12.4 Å². The van der Waals surface area contributed by atoms with Crippen LogP contribution in [0.15, 0.2) is 72.8 Å². The van der Waals surface area contributed by atoms with Gasteiger partial charge in [0, 0.05) is 17.5 Å². The van der Waals surface area contributed by atoms with Crippen LogP contribution in [0.2, 0.25) is 0 Å². The summed E-state index contributed by atoms with van der Waals surface area (Å²) in [6.45, 7) is 0. The number of Topliss-reactive ketones (excluding diaryl/α,β-unsaturated/α-hetero) is 1. The summed E-state index contributed by atoms with van der Waals surface area (Å²) >= 11 is 0. The molecule has 29 heavy (non-hydrogen) atoms. The average molecular weight is 391 g/mol. The first kappa shape index (κ1) is 20.3. The molecule has 3 aromatic carbocycles. The zero-order valence-corrected chi connectivity index (χ0v) is 16.2. The molecule has 0 heterocycles. The highest BCUT2D eigenvalue weighted by atomic mass is 19.1. The summed E-state index contributed by atoms with van der Waals surface area (Å²) in [5.41, 5.74) is 2.03. The van der Waals surface area contributed by atoms with E-state index in [9.17, 15) is 14.0 Å². The van der Waals surface area contributed by atoms with Crippen LogP contribution in [0.4, 0.5) is 10.1 Å². The number of carbonyl (C=O) groups excluding carboxylic acids is 2. The second-order valence-corrected chi connectivity index (χ2v) is 6.63. The molecule has 148 valence electrons. The summed E-state index contributed by atoms with van der Waals surface area (Å²) in [6.07, 6.45) is 1.76. The summed E-state index contributed by atoms with van der Waals surface area (Å²) < 4.78 is 18.8. The largest absolute Gasteiger partial charge is 0.497 e. The number of rotatable bonds is 8. The van der Waals surface area contributed by atoms with Crippen molar-refractivity contribution in [3.63, 3.8) is 0 Å². The molecular formula is C24H22FNO3. The number of aryl methyl sites for hydroxylation is 1. The number of ketones is 1. The van der Waals surface area contributed by atoms with Gasteiger partial charge in [-0.25, -0.2) is 4.39 Å². The quantitative estimate of drug-likeness (QED) is 0.531. The van der Waals surface area contributed by atoms with Crippen LogP contribution < -0.4 is 10.1 Å². The molecule has 3 aromatic rings. The minimum absolute atomic E-state index is 0.133. The molecule has 0 fully saturated rings. The van der Waals surface area contributed by atoms with Crippen molar-refractivity contribution in [1.29, 1.82) is 0 Å². The Morgan fingerprint density at radius 1 is 0.966 bits per heavy atom. The Bertz CT molecular complexity index is 985. The van der Waals surface area contributed by atoms with Gasteiger partial charge in [0.2, 0.25) is 0 Å². The molecule has 1 amide bonds. The Morgan fingerprint density at radius 3 is 2.38 bits per heavy atom. The lowest BCUT2D eigenvalue weighted by Crippen LogP contribution is -2.15. The third-order valence-corrected chi connectivity index (χ3v) is 4.59. The fraction of sp³-hybridized carbons (Fsp3) is 0.167. The van der Waals surface area contributed by atoms with Gasteiger partial charge in [0.1, 0.15) is 11.6 Å². The van der Waals surface area contributed by atoms with Crippen molar-refractivity contribution >= 4 is 17.4 Å². The average Bonchev–Trinajstić information content (AvgIpc) is 2.74. The van der Waals surface area contributed by atoms with Gasteiger partial charge in [-0.3, -0.25) is 9.59 Å². The van der Waals surface area contributed by atoms with E-state index >= 15 is 0 Å². The minimum Gasteiger partial charge on any atom is -0.497 e. The molecule has 0 aliphatic heterocycles. The number of methoxy groups -OCH3 is 1. The number of halogens is 1. The van der Waals surface area contributed by atoms with Gasteiger partial charge >= 0.3 is 0 Å². The van der Waals surface area contributed by atoms with E-state index < -0.39 is 11.7 Å². The number of hydrogen-bond donors (Lipinski definition) is 1. The zero-order valence-electron chi connectivity index (χ0n) is 16.2. The summed E-state index contributed by atoms with van der Waals surface area (Å²) in [7, 11) is 1.54. The van der Waals surface area contributed by atoms with E-state index in [-0.39, 0.29) is 11.5 Å². The van der Waals surface area contributed by atoms with Gasteiger partial charge in [0.15, 0.2) is 5.78 Å². The van der Waals surface area contributed by atoms with E-state index in [0.29, 0.717) is 29.7 Å². The topological polar surface area (TPSA) is 55.4 Å². The Morgan fingerprint density at radius 2 is 1.69 bits per heavy atom. The van der Waals surface area contributed by atoms with Crippen LogP contribution in [0.5, 0.6) is 5.75 Å². The first-order chi connectivity index (χ1) is 14.1. The highest BCUT2D eigenvalue weighted by Crippen LogP contribution is 2.22. The number of hydrogen-bond acceptors (Lipinski definition) is 3.